The fourth-order valence-electron chi connectivity index (χ4n) is 2.62. The number of nitrogens with zero attached hydrogens (tertiary/aromatic N) is 2. The number of furan rings is 1. The standard InChI is InChI=1S/C17H27N3O4S/c1-2-23-16(21)13-18-17(25)20(14-15-5-3-10-24-15)7-4-6-19-8-11-22-12-9-19/h3,5,10H,2,4,6-9,11-14H2,1H3,(H,18,25). The van der Waals surface area contributed by atoms with Gasteiger partial charge in [0.2, 0.25) is 0 Å². The molecule has 25 heavy (non-hydrogen) atoms. The van der Waals surface area contributed by atoms with Crippen LogP contribution in [-0.2, 0) is 20.8 Å². The molecule has 1 aliphatic rings. The zero-order chi connectivity index (χ0) is 17.9. The molecule has 1 fully saturated rings. The molecule has 1 N–H and O–H groups in total. The molecule has 0 aliphatic carbocycles. The van der Waals surface area contributed by atoms with E-state index in [0.29, 0.717) is 18.3 Å². The Labute approximate surface area is 154 Å². The van der Waals surface area contributed by atoms with Crippen LogP contribution < -0.4 is 5.32 Å². The largest absolute Gasteiger partial charge is 0.467 e. The summed E-state index contributed by atoms with van der Waals surface area (Å²) in [5.41, 5.74) is 0. The minimum absolute atomic E-state index is 0.0742. The van der Waals surface area contributed by atoms with Gasteiger partial charge in [-0.2, -0.15) is 0 Å². The molecule has 1 aliphatic heterocycles. The van der Waals surface area contributed by atoms with Crippen LogP contribution in [0.25, 0.3) is 0 Å². The lowest BCUT2D eigenvalue weighted by atomic mass is 10.3. The normalized spacial score (nSPS) is 14.9. The van der Waals surface area contributed by atoms with Gasteiger partial charge in [-0.3, -0.25) is 9.69 Å². The van der Waals surface area contributed by atoms with E-state index in [0.717, 1.165) is 51.6 Å². The molecule has 0 spiro atoms. The second kappa shape index (κ2) is 11.1. The third kappa shape index (κ3) is 7.41. The second-order valence-corrected chi connectivity index (χ2v) is 6.16. The Morgan fingerprint density at radius 1 is 1.44 bits per heavy atom. The van der Waals surface area contributed by atoms with Gasteiger partial charge < -0.3 is 24.1 Å². The fraction of sp³-hybridized carbons (Fsp3) is 0.647. The number of morpholine rings is 1. The van der Waals surface area contributed by atoms with Gasteiger partial charge in [0.1, 0.15) is 12.3 Å². The highest BCUT2D eigenvalue weighted by molar-refractivity contribution is 7.80. The number of ether oxygens (including phenoxy) is 2. The molecule has 0 radical (unpaired) electrons. The lowest BCUT2D eigenvalue weighted by Crippen LogP contribution is -2.43. The van der Waals surface area contributed by atoms with Gasteiger partial charge in [-0.15, -0.1) is 0 Å². The molecule has 0 aromatic carbocycles. The predicted molar refractivity (Wildman–Crippen MR) is 98.2 cm³/mol. The quantitative estimate of drug-likeness (QED) is 0.515. The maximum absolute atomic E-state index is 11.5. The number of rotatable bonds is 9. The van der Waals surface area contributed by atoms with E-state index < -0.39 is 0 Å². The summed E-state index contributed by atoms with van der Waals surface area (Å²) in [6.07, 6.45) is 2.62. The molecule has 1 aromatic rings. The Hall–Kier alpha value is -1.64. The van der Waals surface area contributed by atoms with E-state index in [-0.39, 0.29) is 12.5 Å². The van der Waals surface area contributed by atoms with Gasteiger partial charge in [0, 0.05) is 26.2 Å². The van der Waals surface area contributed by atoms with E-state index >= 15 is 0 Å². The molecule has 0 atom stereocenters. The Morgan fingerprint density at radius 2 is 2.24 bits per heavy atom. The zero-order valence-corrected chi connectivity index (χ0v) is 15.6. The van der Waals surface area contributed by atoms with Crippen LogP contribution in [0.15, 0.2) is 22.8 Å². The number of thiocarbonyl (C=S) groups is 1. The van der Waals surface area contributed by atoms with Crippen LogP contribution in [0.3, 0.4) is 0 Å². The maximum Gasteiger partial charge on any atom is 0.325 e. The van der Waals surface area contributed by atoms with E-state index in [9.17, 15) is 4.79 Å². The maximum atomic E-state index is 11.5. The minimum Gasteiger partial charge on any atom is -0.467 e. The van der Waals surface area contributed by atoms with E-state index in [1.165, 1.54) is 0 Å². The van der Waals surface area contributed by atoms with E-state index in [1.807, 2.05) is 17.0 Å². The lowest BCUT2D eigenvalue weighted by Gasteiger charge is -2.29. The van der Waals surface area contributed by atoms with Crippen LogP contribution >= 0.6 is 12.2 Å². The van der Waals surface area contributed by atoms with Crippen LogP contribution in [0, 0.1) is 0 Å². The van der Waals surface area contributed by atoms with Crippen LogP contribution in [0.5, 0.6) is 0 Å². The summed E-state index contributed by atoms with van der Waals surface area (Å²) in [6.45, 7) is 8.13. The first-order valence-electron chi connectivity index (χ1n) is 8.70. The Balaban J connectivity index is 1.81. The second-order valence-electron chi connectivity index (χ2n) is 5.77. The van der Waals surface area contributed by atoms with Gasteiger partial charge in [0.15, 0.2) is 5.11 Å². The minimum atomic E-state index is -0.309. The smallest absolute Gasteiger partial charge is 0.325 e. The molecule has 2 heterocycles. The molecule has 1 aromatic heterocycles. The van der Waals surface area contributed by atoms with Gasteiger partial charge in [-0.25, -0.2) is 0 Å². The summed E-state index contributed by atoms with van der Waals surface area (Å²) in [5, 5.41) is 3.51. The van der Waals surface area contributed by atoms with Gasteiger partial charge in [-0.05, 0) is 37.7 Å². The van der Waals surface area contributed by atoms with Crippen molar-refractivity contribution in [3.63, 3.8) is 0 Å². The number of carbonyl (C=O) groups excluding carboxylic acids is 1. The highest BCUT2D eigenvalue weighted by Gasteiger charge is 2.15. The van der Waals surface area contributed by atoms with Gasteiger partial charge in [0.25, 0.3) is 0 Å². The highest BCUT2D eigenvalue weighted by Crippen LogP contribution is 2.08. The third-order valence-electron chi connectivity index (χ3n) is 3.91. The topological polar surface area (TPSA) is 67.2 Å². The Bertz CT molecular complexity index is 518. The molecular weight excluding hydrogens is 342 g/mol. The van der Waals surface area contributed by atoms with Crippen molar-refractivity contribution in [3.05, 3.63) is 24.2 Å². The summed E-state index contributed by atoms with van der Waals surface area (Å²) in [6, 6.07) is 3.78. The van der Waals surface area contributed by atoms with Crippen LogP contribution in [0.4, 0.5) is 0 Å². The van der Waals surface area contributed by atoms with Crippen LogP contribution in [0.2, 0.25) is 0 Å². The first-order chi connectivity index (χ1) is 12.2. The Kier molecular flexibility index (Phi) is 8.71. The van der Waals surface area contributed by atoms with Gasteiger partial charge >= 0.3 is 5.97 Å². The van der Waals surface area contributed by atoms with Crippen LogP contribution in [-0.4, -0.2) is 73.4 Å². The molecule has 0 bridgehead atoms. The molecule has 2 rings (SSSR count). The van der Waals surface area contributed by atoms with Crippen molar-refractivity contribution >= 4 is 23.3 Å². The number of carbonyl (C=O) groups is 1. The Morgan fingerprint density at radius 3 is 2.92 bits per heavy atom. The predicted octanol–water partition coefficient (Wildman–Crippen LogP) is 1.24. The molecule has 0 unspecified atom stereocenters. The number of esters is 1. The van der Waals surface area contributed by atoms with Crippen molar-refractivity contribution in [2.45, 2.75) is 19.9 Å². The molecule has 8 heteroatoms. The van der Waals surface area contributed by atoms with Gasteiger partial charge in [0.05, 0.1) is 32.6 Å². The van der Waals surface area contributed by atoms with Crippen molar-refractivity contribution in [2.75, 3.05) is 52.5 Å². The SMILES string of the molecule is CCOC(=O)CNC(=S)N(CCCN1CCOCC1)Cc1ccco1. The summed E-state index contributed by atoms with van der Waals surface area (Å²) < 4.78 is 15.7. The third-order valence-corrected chi connectivity index (χ3v) is 4.31. The molecule has 140 valence electrons. The molecule has 0 saturated carbocycles. The van der Waals surface area contributed by atoms with Gasteiger partial charge in [-0.1, -0.05) is 0 Å². The zero-order valence-electron chi connectivity index (χ0n) is 14.7. The van der Waals surface area contributed by atoms with E-state index in [1.54, 1.807) is 13.2 Å². The van der Waals surface area contributed by atoms with Crippen LogP contribution in [0.1, 0.15) is 19.1 Å². The van der Waals surface area contributed by atoms with E-state index in [2.05, 4.69) is 10.2 Å². The molecule has 7 nitrogen and oxygen atoms in total. The molecular formula is C17H27N3O4S. The monoisotopic (exact) mass is 369 g/mol. The average Bonchev–Trinajstić information content (AvgIpc) is 3.13. The van der Waals surface area contributed by atoms with Crippen molar-refractivity contribution in [3.8, 4) is 0 Å². The first kappa shape index (κ1) is 19.7. The lowest BCUT2D eigenvalue weighted by molar-refractivity contribution is -0.141. The van der Waals surface area contributed by atoms with E-state index in [4.69, 9.17) is 26.1 Å². The average molecular weight is 369 g/mol. The van der Waals surface area contributed by atoms with Crippen molar-refractivity contribution in [1.82, 2.24) is 15.1 Å². The summed E-state index contributed by atoms with van der Waals surface area (Å²) in [5.74, 6) is 0.530. The van der Waals surface area contributed by atoms with Crippen molar-refractivity contribution < 1.29 is 18.7 Å². The fourth-order valence-corrected chi connectivity index (χ4v) is 2.85. The van der Waals surface area contributed by atoms with Crippen molar-refractivity contribution in [2.24, 2.45) is 0 Å². The highest BCUT2D eigenvalue weighted by atomic mass is 32.1. The molecule has 1 saturated heterocycles. The summed E-state index contributed by atoms with van der Waals surface area (Å²) >= 11 is 5.45. The number of hydrogen-bond acceptors (Lipinski definition) is 6. The number of hydrogen-bond donors (Lipinski definition) is 1. The number of nitrogens with one attached hydrogen (secondary N) is 1. The molecule has 0 amide bonds. The first-order valence-corrected chi connectivity index (χ1v) is 9.10. The van der Waals surface area contributed by atoms with Crippen molar-refractivity contribution in [1.29, 1.82) is 0 Å². The summed E-state index contributed by atoms with van der Waals surface area (Å²) in [4.78, 5) is 15.9. The summed E-state index contributed by atoms with van der Waals surface area (Å²) in [7, 11) is 0.